The predicted molar refractivity (Wildman–Crippen MR) is 132 cm³/mol. The number of nitrogens with zero attached hydrogens (tertiary/aromatic N) is 1. The monoisotopic (exact) mass is 494 g/mol. The summed E-state index contributed by atoms with van der Waals surface area (Å²) >= 11 is 0. The van der Waals surface area contributed by atoms with Gasteiger partial charge in [-0.25, -0.2) is 0 Å². The smallest absolute Gasteiger partial charge is 0.406 e. The lowest BCUT2D eigenvalue weighted by atomic mass is 9.82. The van der Waals surface area contributed by atoms with E-state index in [4.69, 9.17) is 0 Å². The van der Waals surface area contributed by atoms with Crippen LogP contribution in [0.1, 0.15) is 50.2 Å². The lowest BCUT2D eigenvalue weighted by Gasteiger charge is -2.32. The molecule has 1 heterocycles. The Bertz CT molecular complexity index is 1250. The minimum atomic E-state index is -4.76. The van der Waals surface area contributed by atoms with Gasteiger partial charge in [-0.2, -0.15) is 0 Å². The summed E-state index contributed by atoms with van der Waals surface area (Å²) in [6.07, 6.45) is -1.24. The number of fused-ring (bicyclic) bond motifs is 2. The number of amides is 1. The number of benzene rings is 3. The lowest BCUT2D eigenvalue weighted by Crippen LogP contribution is -2.39. The fourth-order valence-corrected chi connectivity index (χ4v) is 5.41. The average molecular weight is 495 g/mol. The van der Waals surface area contributed by atoms with E-state index in [0.29, 0.717) is 5.56 Å². The normalized spacial score (nSPS) is 17.7. The molecule has 2 aliphatic rings. The standard InChI is InChI=1S/C29H29F3N2O2/c1-19-6-7-23(18-34-15-14-20-4-2-3-5-22(20)17-34)27-16-24(10-13-26(19)27)33-28(35)21-8-11-25(12-9-21)36-29(30,31)32/h2-9,11-12,24H,10,13-18H2,1H3,(H,33,35)/t24-/m1/s1. The number of halogens is 3. The third-order valence-corrected chi connectivity index (χ3v) is 7.24. The van der Waals surface area contributed by atoms with Crippen LogP contribution in [-0.2, 0) is 32.4 Å². The molecular weight excluding hydrogens is 465 g/mol. The number of nitrogens with one attached hydrogen (secondary N) is 1. The van der Waals surface area contributed by atoms with E-state index in [1.54, 1.807) is 0 Å². The Morgan fingerprint density at radius 1 is 1.00 bits per heavy atom. The Labute approximate surface area is 209 Å². The Balaban J connectivity index is 1.27. The van der Waals surface area contributed by atoms with Crippen LogP contribution >= 0.6 is 0 Å². The third-order valence-electron chi connectivity index (χ3n) is 7.24. The molecule has 0 saturated carbocycles. The summed E-state index contributed by atoms with van der Waals surface area (Å²) in [4.78, 5) is 15.3. The van der Waals surface area contributed by atoms with Crippen molar-refractivity contribution in [3.8, 4) is 5.75 Å². The van der Waals surface area contributed by atoms with Gasteiger partial charge in [-0.15, -0.1) is 13.2 Å². The topological polar surface area (TPSA) is 41.6 Å². The second-order valence-electron chi connectivity index (χ2n) is 9.71. The molecule has 188 valence electrons. The maximum absolute atomic E-state index is 12.8. The van der Waals surface area contributed by atoms with Gasteiger partial charge in [0.25, 0.3) is 5.91 Å². The molecule has 0 spiro atoms. The highest BCUT2D eigenvalue weighted by atomic mass is 19.4. The Morgan fingerprint density at radius 2 is 1.75 bits per heavy atom. The van der Waals surface area contributed by atoms with Gasteiger partial charge in [-0.05, 0) is 90.3 Å². The number of carbonyl (C=O) groups excluding carboxylic acids is 1. The van der Waals surface area contributed by atoms with Crippen LogP contribution in [0.5, 0.6) is 5.75 Å². The zero-order chi connectivity index (χ0) is 25.3. The zero-order valence-electron chi connectivity index (χ0n) is 20.2. The number of carbonyl (C=O) groups is 1. The molecule has 1 amide bonds. The van der Waals surface area contributed by atoms with Gasteiger partial charge in [0, 0.05) is 31.2 Å². The van der Waals surface area contributed by atoms with Crippen molar-refractivity contribution < 1.29 is 22.7 Å². The van der Waals surface area contributed by atoms with Crippen LogP contribution in [0.25, 0.3) is 0 Å². The van der Waals surface area contributed by atoms with Crippen molar-refractivity contribution in [3.63, 3.8) is 0 Å². The van der Waals surface area contributed by atoms with Crippen molar-refractivity contribution in [2.45, 2.75) is 58.1 Å². The molecule has 3 aromatic carbocycles. The molecule has 0 unspecified atom stereocenters. The largest absolute Gasteiger partial charge is 0.573 e. The van der Waals surface area contributed by atoms with E-state index in [1.807, 2.05) is 0 Å². The summed E-state index contributed by atoms with van der Waals surface area (Å²) in [5, 5.41) is 3.09. The van der Waals surface area contributed by atoms with Crippen molar-refractivity contribution in [3.05, 3.63) is 99.6 Å². The van der Waals surface area contributed by atoms with Crippen LogP contribution in [0, 0.1) is 6.92 Å². The van der Waals surface area contributed by atoms with Crippen molar-refractivity contribution in [2.75, 3.05) is 6.54 Å². The van der Waals surface area contributed by atoms with Crippen LogP contribution in [-0.4, -0.2) is 29.8 Å². The number of alkyl halides is 3. The van der Waals surface area contributed by atoms with Crippen molar-refractivity contribution in [2.24, 2.45) is 0 Å². The first-order valence-corrected chi connectivity index (χ1v) is 12.3. The van der Waals surface area contributed by atoms with Gasteiger partial charge >= 0.3 is 6.36 Å². The van der Waals surface area contributed by atoms with Gasteiger partial charge in [-0.3, -0.25) is 9.69 Å². The summed E-state index contributed by atoms with van der Waals surface area (Å²) in [5.41, 5.74) is 8.42. The maximum atomic E-state index is 12.8. The number of rotatable bonds is 5. The Morgan fingerprint density at radius 3 is 2.50 bits per heavy atom. The zero-order valence-corrected chi connectivity index (χ0v) is 20.2. The van der Waals surface area contributed by atoms with E-state index < -0.39 is 6.36 Å². The van der Waals surface area contributed by atoms with Gasteiger partial charge in [0.2, 0.25) is 0 Å². The average Bonchev–Trinajstić information content (AvgIpc) is 2.85. The molecule has 1 N–H and O–H groups in total. The molecule has 0 aromatic heterocycles. The quantitative estimate of drug-likeness (QED) is 0.492. The van der Waals surface area contributed by atoms with E-state index in [9.17, 15) is 18.0 Å². The highest BCUT2D eigenvalue weighted by Gasteiger charge is 2.31. The van der Waals surface area contributed by atoms with Gasteiger partial charge in [-0.1, -0.05) is 36.4 Å². The van der Waals surface area contributed by atoms with Crippen molar-refractivity contribution in [1.29, 1.82) is 0 Å². The fourth-order valence-electron chi connectivity index (χ4n) is 5.41. The molecule has 0 bridgehead atoms. The Hall–Kier alpha value is -3.32. The number of hydrogen-bond acceptors (Lipinski definition) is 3. The molecule has 4 nitrogen and oxygen atoms in total. The molecule has 1 atom stereocenters. The van der Waals surface area contributed by atoms with Gasteiger partial charge in [0.1, 0.15) is 5.75 Å². The summed E-state index contributed by atoms with van der Waals surface area (Å²) in [6, 6.07) is 18.1. The molecular formula is C29H29F3N2O2. The molecule has 36 heavy (non-hydrogen) atoms. The van der Waals surface area contributed by atoms with Crippen molar-refractivity contribution in [1.82, 2.24) is 10.2 Å². The van der Waals surface area contributed by atoms with E-state index in [0.717, 1.165) is 57.5 Å². The molecule has 1 aliphatic heterocycles. The number of aryl methyl sites for hydroxylation is 1. The first-order valence-electron chi connectivity index (χ1n) is 12.3. The predicted octanol–water partition coefficient (Wildman–Crippen LogP) is 5.74. The van der Waals surface area contributed by atoms with E-state index in [-0.39, 0.29) is 17.7 Å². The first kappa shape index (κ1) is 24.4. The maximum Gasteiger partial charge on any atom is 0.573 e. The van der Waals surface area contributed by atoms with Crippen LogP contribution in [0.2, 0.25) is 0 Å². The highest BCUT2D eigenvalue weighted by molar-refractivity contribution is 5.94. The van der Waals surface area contributed by atoms with Crippen molar-refractivity contribution >= 4 is 5.91 Å². The summed E-state index contributed by atoms with van der Waals surface area (Å²) in [6.45, 7) is 4.97. The molecule has 0 fully saturated rings. The van der Waals surface area contributed by atoms with Gasteiger partial charge in [0.05, 0.1) is 0 Å². The number of ether oxygens (including phenoxy) is 1. The molecule has 5 rings (SSSR count). The van der Waals surface area contributed by atoms with E-state index >= 15 is 0 Å². The molecule has 1 aliphatic carbocycles. The minimum Gasteiger partial charge on any atom is -0.406 e. The second-order valence-corrected chi connectivity index (χ2v) is 9.71. The second kappa shape index (κ2) is 9.97. The lowest BCUT2D eigenvalue weighted by molar-refractivity contribution is -0.274. The third kappa shape index (κ3) is 5.57. The van der Waals surface area contributed by atoms with Crippen LogP contribution in [0.4, 0.5) is 13.2 Å². The molecule has 0 radical (unpaired) electrons. The summed E-state index contributed by atoms with van der Waals surface area (Å²) < 4.78 is 41.1. The molecule has 7 heteroatoms. The minimum absolute atomic E-state index is 0.0290. The number of hydrogen-bond donors (Lipinski definition) is 1. The van der Waals surface area contributed by atoms with Crippen LogP contribution in [0.3, 0.4) is 0 Å². The molecule has 0 saturated heterocycles. The van der Waals surface area contributed by atoms with E-state index in [1.165, 1.54) is 45.5 Å². The summed E-state index contributed by atoms with van der Waals surface area (Å²) in [5.74, 6) is -0.630. The SMILES string of the molecule is Cc1ccc(CN2CCc3ccccc3C2)c2c1CC[C@@H](NC(=O)c1ccc(OC(F)(F)F)cc1)C2. The molecule has 3 aromatic rings. The first-order chi connectivity index (χ1) is 17.2. The van der Waals surface area contributed by atoms with Gasteiger partial charge < -0.3 is 10.1 Å². The van der Waals surface area contributed by atoms with Gasteiger partial charge in [0.15, 0.2) is 0 Å². The summed E-state index contributed by atoms with van der Waals surface area (Å²) in [7, 11) is 0. The fraction of sp³-hybridized carbons (Fsp3) is 0.345. The van der Waals surface area contributed by atoms with E-state index in [2.05, 4.69) is 58.3 Å². The Kier molecular flexibility index (Phi) is 6.75. The highest BCUT2D eigenvalue weighted by Crippen LogP contribution is 2.30. The van der Waals surface area contributed by atoms with Crippen LogP contribution < -0.4 is 10.1 Å². The van der Waals surface area contributed by atoms with Crippen LogP contribution in [0.15, 0.2) is 60.7 Å².